The third-order valence-electron chi connectivity index (χ3n) is 6.63. The third kappa shape index (κ3) is 2.30. The van der Waals surface area contributed by atoms with E-state index in [2.05, 4.69) is 32.2 Å². The van der Waals surface area contributed by atoms with E-state index < -0.39 is 0 Å². The lowest BCUT2D eigenvalue weighted by Gasteiger charge is -2.66. The topological polar surface area (TPSA) is 20.2 Å². The average molecular weight is 304 g/mol. The minimum Gasteiger partial charge on any atom is -0.388 e. The molecule has 4 aliphatic rings. The van der Waals surface area contributed by atoms with Gasteiger partial charge in [-0.1, -0.05) is 13.8 Å². The van der Waals surface area contributed by atoms with Crippen molar-refractivity contribution in [2.24, 2.45) is 22.2 Å². The van der Waals surface area contributed by atoms with Crippen molar-refractivity contribution in [3.63, 3.8) is 0 Å². The number of hydrogen-bond acceptors (Lipinski definition) is 2. The number of hydrogen-bond donors (Lipinski definition) is 1. The predicted molar refractivity (Wildman–Crippen MR) is 88.5 cm³/mol. The van der Waals surface area contributed by atoms with Gasteiger partial charge in [-0.05, 0) is 91.0 Å². The number of thiophene rings is 1. The van der Waals surface area contributed by atoms with Gasteiger partial charge in [0.2, 0.25) is 0 Å². The average Bonchev–Trinajstić information content (AvgIpc) is 2.69. The molecule has 3 unspecified atom stereocenters. The summed E-state index contributed by atoms with van der Waals surface area (Å²) in [7, 11) is 0. The Kier molecular flexibility index (Phi) is 2.96. The molecule has 2 heteroatoms. The van der Waals surface area contributed by atoms with Gasteiger partial charge in [-0.25, -0.2) is 0 Å². The number of rotatable bonds is 3. The van der Waals surface area contributed by atoms with Gasteiger partial charge in [0.1, 0.15) is 0 Å². The van der Waals surface area contributed by atoms with Crippen LogP contribution in [0, 0.1) is 29.1 Å². The molecule has 1 aromatic rings. The molecule has 4 aliphatic carbocycles. The second-order valence-corrected chi connectivity index (χ2v) is 10.4. The molecule has 4 fully saturated rings. The van der Waals surface area contributed by atoms with Crippen molar-refractivity contribution in [3.8, 4) is 0 Å². The number of aryl methyl sites for hydroxylation is 1. The second-order valence-electron chi connectivity index (χ2n) is 9.28. The SMILES string of the molecule is Cc1sccc1C(O)CC12CC3CC(C)(CC(C)(C3)C1)C2. The molecule has 1 N–H and O–H groups in total. The molecule has 0 amide bonds. The molecule has 0 aliphatic heterocycles. The quantitative estimate of drug-likeness (QED) is 0.784. The zero-order valence-electron chi connectivity index (χ0n) is 13.6. The van der Waals surface area contributed by atoms with Gasteiger partial charge < -0.3 is 5.11 Å². The van der Waals surface area contributed by atoms with E-state index in [1.807, 2.05) is 0 Å². The van der Waals surface area contributed by atoms with Crippen molar-refractivity contribution < 1.29 is 5.11 Å². The highest BCUT2D eigenvalue weighted by Gasteiger charge is 2.60. The molecule has 0 spiro atoms. The van der Waals surface area contributed by atoms with Crippen LogP contribution in [0.15, 0.2) is 11.4 Å². The predicted octanol–water partition coefficient (Wildman–Crippen LogP) is 5.48. The lowest BCUT2D eigenvalue weighted by molar-refractivity contribution is -0.157. The zero-order chi connectivity index (χ0) is 14.9. The first kappa shape index (κ1) is 14.3. The van der Waals surface area contributed by atoms with E-state index in [0.717, 1.165) is 12.3 Å². The van der Waals surface area contributed by atoms with Gasteiger partial charge in [0.05, 0.1) is 6.10 Å². The van der Waals surface area contributed by atoms with Crippen molar-refractivity contribution in [2.75, 3.05) is 0 Å². The monoisotopic (exact) mass is 304 g/mol. The first-order chi connectivity index (χ1) is 9.81. The summed E-state index contributed by atoms with van der Waals surface area (Å²) < 4.78 is 0. The molecule has 1 heterocycles. The van der Waals surface area contributed by atoms with Gasteiger partial charge in [-0.2, -0.15) is 0 Å². The Morgan fingerprint density at radius 1 is 1.19 bits per heavy atom. The summed E-state index contributed by atoms with van der Waals surface area (Å²) in [5.41, 5.74) is 2.71. The fourth-order valence-electron chi connectivity index (χ4n) is 7.17. The lowest BCUT2D eigenvalue weighted by Crippen LogP contribution is -2.55. The summed E-state index contributed by atoms with van der Waals surface area (Å²) in [4.78, 5) is 1.30. The number of aliphatic hydroxyl groups excluding tert-OH is 1. The van der Waals surface area contributed by atoms with E-state index in [-0.39, 0.29) is 6.10 Å². The summed E-state index contributed by atoms with van der Waals surface area (Å²) in [6.45, 7) is 7.19. The van der Waals surface area contributed by atoms with Gasteiger partial charge in [0.15, 0.2) is 0 Å². The Morgan fingerprint density at radius 2 is 1.86 bits per heavy atom. The highest BCUT2D eigenvalue weighted by Crippen LogP contribution is 2.71. The van der Waals surface area contributed by atoms with E-state index in [9.17, 15) is 5.11 Å². The standard InChI is InChI=1S/C19H28OS/c1-13-15(4-5-21-13)16(20)9-19-8-14-6-17(2,11-19)10-18(3,7-14)12-19/h4-5,14,16,20H,6-12H2,1-3H3. The van der Waals surface area contributed by atoms with Crippen LogP contribution in [0.5, 0.6) is 0 Å². The van der Waals surface area contributed by atoms with Crippen molar-refractivity contribution in [2.45, 2.75) is 71.8 Å². The zero-order valence-corrected chi connectivity index (χ0v) is 14.4. The largest absolute Gasteiger partial charge is 0.388 e. The summed E-state index contributed by atoms with van der Waals surface area (Å²) in [6.07, 6.45) is 9.13. The van der Waals surface area contributed by atoms with Gasteiger partial charge in [0, 0.05) is 4.88 Å². The molecule has 1 aromatic heterocycles. The highest BCUT2D eigenvalue weighted by atomic mass is 32.1. The lowest BCUT2D eigenvalue weighted by atomic mass is 9.39. The molecule has 0 radical (unpaired) electrons. The molecule has 0 saturated heterocycles. The summed E-state index contributed by atoms with van der Waals surface area (Å²) in [6, 6.07) is 2.13. The normalized spacial score (nSPS) is 46.0. The maximum absolute atomic E-state index is 10.8. The third-order valence-corrected chi connectivity index (χ3v) is 7.49. The smallest absolute Gasteiger partial charge is 0.0806 e. The van der Waals surface area contributed by atoms with Crippen LogP contribution in [0.4, 0.5) is 0 Å². The fraction of sp³-hybridized carbons (Fsp3) is 0.789. The minimum atomic E-state index is -0.250. The maximum atomic E-state index is 10.8. The molecule has 3 atom stereocenters. The summed E-state index contributed by atoms with van der Waals surface area (Å²) >= 11 is 1.76. The molecule has 4 saturated carbocycles. The van der Waals surface area contributed by atoms with E-state index in [1.54, 1.807) is 11.3 Å². The van der Waals surface area contributed by atoms with E-state index >= 15 is 0 Å². The number of aliphatic hydroxyl groups is 1. The Bertz CT molecular complexity index is 542. The molecule has 4 bridgehead atoms. The van der Waals surface area contributed by atoms with Crippen molar-refractivity contribution >= 4 is 11.3 Å². The van der Waals surface area contributed by atoms with Crippen LogP contribution >= 0.6 is 11.3 Å². The van der Waals surface area contributed by atoms with Gasteiger partial charge in [-0.15, -0.1) is 11.3 Å². The first-order valence-corrected chi connectivity index (χ1v) is 9.41. The van der Waals surface area contributed by atoms with Crippen LogP contribution in [0.1, 0.15) is 75.3 Å². The van der Waals surface area contributed by atoms with E-state index in [1.165, 1.54) is 49.0 Å². The van der Waals surface area contributed by atoms with Crippen molar-refractivity contribution in [1.82, 2.24) is 0 Å². The van der Waals surface area contributed by atoms with Crippen molar-refractivity contribution in [1.29, 1.82) is 0 Å². The fourth-order valence-corrected chi connectivity index (χ4v) is 7.93. The molecular weight excluding hydrogens is 276 g/mol. The van der Waals surface area contributed by atoms with Crippen LogP contribution in [0.2, 0.25) is 0 Å². The summed E-state index contributed by atoms with van der Waals surface area (Å²) in [5.74, 6) is 0.923. The highest BCUT2D eigenvalue weighted by molar-refractivity contribution is 7.10. The first-order valence-electron chi connectivity index (χ1n) is 8.53. The maximum Gasteiger partial charge on any atom is 0.0806 e. The Morgan fingerprint density at radius 3 is 2.38 bits per heavy atom. The van der Waals surface area contributed by atoms with Crippen LogP contribution in [-0.4, -0.2) is 5.11 Å². The molecular formula is C19H28OS. The Labute approximate surface area is 132 Å². The van der Waals surface area contributed by atoms with Gasteiger partial charge in [-0.3, -0.25) is 0 Å². The molecule has 1 nitrogen and oxygen atoms in total. The van der Waals surface area contributed by atoms with Crippen LogP contribution in [0.3, 0.4) is 0 Å². The van der Waals surface area contributed by atoms with Crippen LogP contribution in [0.25, 0.3) is 0 Å². The Hall–Kier alpha value is -0.340. The summed E-state index contributed by atoms with van der Waals surface area (Å²) in [5, 5.41) is 12.9. The van der Waals surface area contributed by atoms with E-state index in [0.29, 0.717) is 16.2 Å². The van der Waals surface area contributed by atoms with Crippen LogP contribution in [-0.2, 0) is 0 Å². The minimum absolute atomic E-state index is 0.250. The Balaban J connectivity index is 1.61. The van der Waals surface area contributed by atoms with Crippen LogP contribution < -0.4 is 0 Å². The van der Waals surface area contributed by atoms with Crippen molar-refractivity contribution in [3.05, 3.63) is 21.9 Å². The van der Waals surface area contributed by atoms with Gasteiger partial charge in [0.25, 0.3) is 0 Å². The molecule has 21 heavy (non-hydrogen) atoms. The van der Waals surface area contributed by atoms with E-state index in [4.69, 9.17) is 0 Å². The molecule has 0 aromatic carbocycles. The molecule has 116 valence electrons. The second kappa shape index (κ2) is 4.35. The van der Waals surface area contributed by atoms with Gasteiger partial charge >= 0.3 is 0 Å². The molecule has 5 rings (SSSR count).